The third kappa shape index (κ3) is 1.16. The van der Waals surface area contributed by atoms with E-state index < -0.39 is 0 Å². The van der Waals surface area contributed by atoms with E-state index in [4.69, 9.17) is 10.5 Å². The van der Waals surface area contributed by atoms with E-state index in [1.807, 2.05) is 0 Å². The van der Waals surface area contributed by atoms with Crippen LogP contribution in [0.15, 0.2) is 0 Å². The largest absolute Gasteiger partial charge is 0.376 e. The van der Waals surface area contributed by atoms with Crippen LogP contribution in [-0.4, -0.2) is 42.8 Å². The lowest BCUT2D eigenvalue weighted by Crippen LogP contribution is -2.74. The minimum Gasteiger partial charge on any atom is -0.376 e. The van der Waals surface area contributed by atoms with Crippen molar-refractivity contribution >= 4 is 0 Å². The first-order valence-corrected chi connectivity index (χ1v) is 5.88. The third-order valence-corrected chi connectivity index (χ3v) is 4.15. The number of likely N-dealkylation sites (tertiary alicyclic amines) is 1. The molecule has 4 atom stereocenters. The first kappa shape index (κ1) is 9.13. The number of nitrogens with two attached hydrogens (primary N) is 1. The summed E-state index contributed by atoms with van der Waals surface area (Å²) < 4.78 is 5.83. The van der Waals surface area contributed by atoms with Crippen molar-refractivity contribution in [2.24, 2.45) is 17.6 Å². The molecule has 0 radical (unpaired) electrons. The van der Waals surface area contributed by atoms with Crippen LogP contribution >= 0.6 is 0 Å². The first-order chi connectivity index (χ1) is 6.77. The Hall–Kier alpha value is -0.120. The summed E-state index contributed by atoms with van der Waals surface area (Å²) in [6, 6.07) is 0.921. The van der Waals surface area contributed by atoms with E-state index in [0.29, 0.717) is 24.1 Å². The molecule has 2 aliphatic heterocycles. The predicted molar refractivity (Wildman–Crippen MR) is 55.0 cm³/mol. The molecule has 0 aromatic rings. The van der Waals surface area contributed by atoms with Crippen molar-refractivity contribution in [1.82, 2.24) is 4.90 Å². The topological polar surface area (TPSA) is 38.5 Å². The molecule has 3 fully saturated rings. The van der Waals surface area contributed by atoms with Gasteiger partial charge in [0, 0.05) is 31.7 Å². The minimum atomic E-state index is 0.382. The number of fused-ring (bicyclic) bond motifs is 1. The van der Waals surface area contributed by atoms with Crippen molar-refractivity contribution in [3.05, 3.63) is 0 Å². The van der Waals surface area contributed by atoms with Crippen LogP contribution in [0, 0.1) is 11.8 Å². The fourth-order valence-corrected chi connectivity index (χ4v) is 3.36. The van der Waals surface area contributed by atoms with Crippen LogP contribution in [0.3, 0.4) is 0 Å². The molecule has 80 valence electrons. The number of hydrogen-bond donors (Lipinski definition) is 1. The Labute approximate surface area is 85.6 Å². The minimum absolute atomic E-state index is 0.382. The summed E-state index contributed by atoms with van der Waals surface area (Å²) in [7, 11) is 0. The number of ether oxygens (including phenoxy) is 1. The third-order valence-electron chi connectivity index (χ3n) is 4.15. The predicted octanol–water partition coefficient (Wildman–Crippen LogP) is 0.443. The SMILES string of the molecule is CC1CN(C2C(N)C3CCCOC32)C1. The smallest absolute Gasteiger partial charge is 0.0788 e. The second-order valence-electron chi connectivity index (χ2n) is 5.27. The lowest BCUT2D eigenvalue weighted by atomic mass is 9.67. The number of nitrogens with zero attached hydrogens (tertiary/aromatic N) is 1. The molecule has 0 spiro atoms. The maximum Gasteiger partial charge on any atom is 0.0788 e. The summed E-state index contributed by atoms with van der Waals surface area (Å²) in [5.41, 5.74) is 6.21. The second-order valence-corrected chi connectivity index (χ2v) is 5.27. The Bertz CT molecular complexity index is 225. The number of rotatable bonds is 1. The lowest BCUT2D eigenvalue weighted by Gasteiger charge is -2.59. The van der Waals surface area contributed by atoms with Crippen molar-refractivity contribution in [3.8, 4) is 0 Å². The van der Waals surface area contributed by atoms with Gasteiger partial charge in [-0.3, -0.25) is 4.90 Å². The molecule has 0 aromatic heterocycles. The monoisotopic (exact) mass is 196 g/mol. The van der Waals surface area contributed by atoms with Gasteiger partial charge in [0.05, 0.1) is 12.1 Å². The highest BCUT2D eigenvalue weighted by Gasteiger charge is 2.54. The van der Waals surface area contributed by atoms with Gasteiger partial charge in [0.2, 0.25) is 0 Å². The van der Waals surface area contributed by atoms with Crippen molar-refractivity contribution in [3.63, 3.8) is 0 Å². The Kier molecular flexibility index (Phi) is 2.08. The normalized spacial score (nSPS) is 49.3. The summed E-state index contributed by atoms with van der Waals surface area (Å²) >= 11 is 0. The van der Waals surface area contributed by atoms with Crippen LogP contribution in [0.2, 0.25) is 0 Å². The molecule has 0 aromatic carbocycles. The highest BCUT2D eigenvalue weighted by Crippen LogP contribution is 2.41. The van der Waals surface area contributed by atoms with E-state index in [-0.39, 0.29) is 0 Å². The molecule has 1 aliphatic carbocycles. The van der Waals surface area contributed by atoms with E-state index in [9.17, 15) is 0 Å². The fraction of sp³-hybridized carbons (Fsp3) is 1.00. The molecule has 0 amide bonds. The molecular weight excluding hydrogens is 176 g/mol. The Morgan fingerprint density at radius 3 is 2.86 bits per heavy atom. The molecule has 1 saturated carbocycles. The van der Waals surface area contributed by atoms with Crippen molar-refractivity contribution in [1.29, 1.82) is 0 Å². The van der Waals surface area contributed by atoms with Crippen molar-refractivity contribution < 1.29 is 4.74 Å². The van der Waals surface area contributed by atoms with Gasteiger partial charge in [-0.15, -0.1) is 0 Å². The van der Waals surface area contributed by atoms with Crippen LogP contribution in [0.25, 0.3) is 0 Å². The molecule has 0 bridgehead atoms. The number of hydrogen-bond acceptors (Lipinski definition) is 3. The zero-order valence-corrected chi connectivity index (χ0v) is 8.86. The summed E-state index contributed by atoms with van der Waals surface area (Å²) in [6.07, 6.45) is 2.95. The summed E-state index contributed by atoms with van der Waals surface area (Å²) in [4.78, 5) is 2.52. The molecule has 2 heterocycles. The van der Waals surface area contributed by atoms with E-state index >= 15 is 0 Å². The Morgan fingerprint density at radius 1 is 1.36 bits per heavy atom. The van der Waals surface area contributed by atoms with Crippen LogP contribution in [-0.2, 0) is 4.74 Å². The summed E-state index contributed by atoms with van der Waals surface area (Å²) in [5.74, 6) is 1.52. The van der Waals surface area contributed by atoms with Gasteiger partial charge < -0.3 is 10.5 Å². The fourth-order valence-electron chi connectivity index (χ4n) is 3.36. The van der Waals surface area contributed by atoms with E-state index in [1.165, 1.54) is 25.9 Å². The van der Waals surface area contributed by atoms with E-state index in [0.717, 1.165) is 12.5 Å². The van der Waals surface area contributed by atoms with Gasteiger partial charge in [-0.1, -0.05) is 6.92 Å². The summed E-state index contributed by atoms with van der Waals surface area (Å²) in [5, 5.41) is 0. The highest BCUT2D eigenvalue weighted by molar-refractivity contribution is 5.10. The second kappa shape index (κ2) is 3.19. The molecule has 3 nitrogen and oxygen atoms in total. The Morgan fingerprint density at radius 2 is 2.14 bits per heavy atom. The molecule has 2 N–H and O–H groups in total. The molecule has 4 unspecified atom stereocenters. The maximum absolute atomic E-state index is 6.21. The van der Waals surface area contributed by atoms with Gasteiger partial charge in [-0.25, -0.2) is 0 Å². The van der Waals surface area contributed by atoms with Gasteiger partial charge in [-0.05, 0) is 18.8 Å². The van der Waals surface area contributed by atoms with Gasteiger partial charge in [0.1, 0.15) is 0 Å². The van der Waals surface area contributed by atoms with Crippen molar-refractivity contribution in [2.45, 2.75) is 38.0 Å². The van der Waals surface area contributed by atoms with Crippen molar-refractivity contribution in [2.75, 3.05) is 19.7 Å². The van der Waals surface area contributed by atoms with Crippen LogP contribution in [0.4, 0.5) is 0 Å². The van der Waals surface area contributed by atoms with Gasteiger partial charge in [0.15, 0.2) is 0 Å². The van der Waals surface area contributed by atoms with Gasteiger partial charge >= 0.3 is 0 Å². The maximum atomic E-state index is 6.21. The van der Waals surface area contributed by atoms with E-state index in [1.54, 1.807) is 0 Å². The van der Waals surface area contributed by atoms with Crippen LogP contribution < -0.4 is 5.73 Å². The highest BCUT2D eigenvalue weighted by atomic mass is 16.5. The van der Waals surface area contributed by atoms with Gasteiger partial charge in [0.25, 0.3) is 0 Å². The molecule has 3 aliphatic rings. The van der Waals surface area contributed by atoms with Crippen LogP contribution in [0.5, 0.6) is 0 Å². The lowest BCUT2D eigenvalue weighted by molar-refractivity contribution is -0.172. The molecule has 3 rings (SSSR count). The quantitative estimate of drug-likeness (QED) is 0.661. The zero-order chi connectivity index (χ0) is 9.71. The van der Waals surface area contributed by atoms with E-state index in [2.05, 4.69) is 11.8 Å². The molecule has 3 heteroatoms. The summed E-state index contributed by atoms with van der Waals surface area (Å²) in [6.45, 7) is 5.71. The first-order valence-electron chi connectivity index (χ1n) is 5.88. The standard InChI is InChI=1S/C11H20N2O/c1-7-5-13(6-7)10-9(12)8-3-2-4-14-11(8)10/h7-11H,2-6,12H2,1H3. The Balaban J connectivity index is 1.64. The van der Waals surface area contributed by atoms with Crippen LogP contribution in [0.1, 0.15) is 19.8 Å². The average molecular weight is 196 g/mol. The average Bonchev–Trinajstić information content (AvgIpc) is 2.15. The molecule has 2 saturated heterocycles. The van der Waals surface area contributed by atoms with Gasteiger partial charge in [-0.2, -0.15) is 0 Å². The zero-order valence-electron chi connectivity index (χ0n) is 8.86. The molecule has 14 heavy (non-hydrogen) atoms. The molecular formula is C11H20N2O.